The fourth-order valence-electron chi connectivity index (χ4n) is 11.1. The standard InChI is InChI=1S/C71H59N5O.Pt/c1-46(2)48-36-37-72-68(40-48)76-64-35-32-53(75-62-28-14-12-24-58(62)59-25-13-15-29-63(59)75)43-61(64)60-34-33-55(44-67(60)76)77-54-23-18-22-52(42-54)73-45-74(66-31-17-16-30-65(66)73)69-56(47-20-10-9-11-21-47)26-19-27-57(69)49-38-50(70(3,4)5)41-51(39-49)71(6,7)8;/h9-41,43,46H,1-8H3;/q-2;. The van der Waals surface area contributed by atoms with Gasteiger partial charge in [0, 0.05) is 60.7 Å². The van der Waals surface area contributed by atoms with Crippen LogP contribution in [0, 0.1) is 18.5 Å². The van der Waals surface area contributed by atoms with E-state index < -0.39 is 0 Å². The predicted molar refractivity (Wildman–Crippen MR) is 317 cm³/mol. The van der Waals surface area contributed by atoms with E-state index in [1.807, 2.05) is 24.4 Å². The first-order chi connectivity index (χ1) is 37.3. The van der Waals surface area contributed by atoms with Crippen molar-refractivity contribution in [1.29, 1.82) is 0 Å². The smallest absolute Gasteiger partial charge is 0.268 e. The molecule has 0 fully saturated rings. The van der Waals surface area contributed by atoms with Gasteiger partial charge in [-0.1, -0.05) is 188 Å². The van der Waals surface area contributed by atoms with Crippen molar-refractivity contribution in [3.05, 3.63) is 242 Å². The molecule has 0 saturated heterocycles. The second kappa shape index (κ2) is 19.6. The van der Waals surface area contributed by atoms with Gasteiger partial charge in [0.25, 0.3) is 6.33 Å². The minimum absolute atomic E-state index is 0. The van der Waals surface area contributed by atoms with Crippen LogP contribution in [0.2, 0.25) is 0 Å². The Balaban J connectivity index is 0.00000609. The van der Waals surface area contributed by atoms with E-state index in [9.17, 15) is 0 Å². The molecule has 0 aliphatic carbocycles. The largest absolute Gasteiger partial charge is 0.510 e. The minimum atomic E-state index is -0.0523. The van der Waals surface area contributed by atoms with Gasteiger partial charge < -0.3 is 18.4 Å². The summed E-state index contributed by atoms with van der Waals surface area (Å²) in [6, 6.07) is 79.0. The van der Waals surface area contributed by atoms with Gasteiger partial charge in [-0.15, -0.1) is 29.7 Å². The molecular formula is C71H59N5OPt-2. The van der Waals surface area contributed by atoms with Crippen LogP contribution in [-0.2, 0) is 31.9 Å². The van der Waals surface area contributed by atoms with Crippen molar-refractivity contribution in [3.8, 4) is 56.6 Å². The summed E-state index contributed by atoms with van der Waals surface area (Å²) in [7, 11) is 0. The number of ether oxygens (including phenoxy) is 1. The van der Waals surface area contributed by atoms with Crippen molar-refractivity contribution in [3.63, 3.8) is 0 Å². The van der Waals surface area contributed by atoms with Crippen molar-refractivity contribution in [2.45, 2.75) is 72.1 Å². The van der Waals surface area contributed by atoms with Crippen LogP contribution in [-0.4, -0.2) is 18.7 Å². The number of hydrogen-bond donors (Lipinski definition) is 0. The first kappa shape index (κ1) is 50.5. The molecule has 0 spiro atoms. The zero-order valence-electron chi connectivity index (χ0n) is 45.2. The molecule has 0 aliphatic heterocycles. The van der Waals surface area contributed by atoms with E-state index in [-0.39, 0.29) is 31.9 Å². The molecule has 0 bridgehead atoms. The molecule has 13 aromatic rings. The van der Waals surface area contributed by atoms with E-state index in [1.54, 1.807) is 0 Å². The maximum Gasteiger partial charge on any atom is 0.268 e. The van der Waals surface area contributed by atoms with E-state index in [0.29, 0.717) is 17.4 Å². The van der Waals surface area contributed by atoms with Gasteiger partial charge in [0.2, 0.25) is 0 Å². The average Bonchev–Trinajstić information content (AvgIpc) is 4.29. The summed E-state index contributed by atoms with van der Waals surface area (Å²) < 4.78 is 15.8. The van der Waals surface area contributed by atoms with E-state index in [0.717, 1.165) is 72.4 Å². The Morgan fingerprint density at radius 1 is 0.500 bits per heavy atom. The van der Waals surface area contributed by atoms with Gasteiger partial charge in [-0.2, -0.15) is 18.2 Å². The average molecular weight is 1190 g/mol. The third kappa shape index (κ3) is 8.83. The second-order valence-corrected chi connectivity index (χ2v) is 22.7. The van der Waals surface area contributed by atoms with E-state index >= 15 is 0 Å². The fraction of sp³-hybridized carbons (Fsp3) is 0.155. The Hall–Kier alpha value is -8.31. The first-order valence-corrected chi connectivity index (χ1v) is 26.7. The molecule has 13 rings (SSSR count). The van der Waals surface area contributed by atoms with Crippen LogP contribution >= 0.6 is 0 Å². The van der Waals surface area contributed by atoms with Crippen LogP contribution in [0.5, 0.6) is 11.5 Å². The van der Waals surface area contributed by atoms with Crippen molar-refractivity contribution >= 4 is 54.6 Å². The Morgan fingerprint density at radius 3 is 1.81 bits per heavy atom. The number of benzene rings is 9. The van der Waals surface area contributed by atoms with E-state index in [4.69, 9.17) is 9.72 Å². The molecule has 0 saturated carbocycles. The van der Waals surface area contributed by atoms with Crippen LogP contribution in [0.3, 0.4) is 0 Å². The molecule has 0 amide bonds. The molecule has 0 aliphatic rings. The summed E-state index contributed by atoms with van der Waals surface area (Å²) in [5, 5.41) is 4.61. The molecule has 0 radical (unpaired) electrons. The van der Waals surface area contributed by atoms with Gasteiger partial charge in [0.05, 0.1) is 27.8 Å². The van der Waals surface area contributed by atoms with Crippen LogP contribution in [0.1, 0.15) is 78.0 Å². The Morgan fingerprint density at radius 2 is 1.12 bits per heavy atom. The quantitative estimate of drug-likeness (QED) is 0.107. The summed E-state index contributed by atoms with van der Waals surface area (Å²) in [6.07, 6.45) is 5.77. The molecule has 4 heterocycles. The molecule has 78 heavy (non-hydrogen) atoms. The monoisotopic (exact) mass is 1190 g/mol. The predicted octanol–water partition coefficient (Wildman–Crippen LogP) is 17.7. The molecule has 4 aromatic heterocycles. The number of rotatable bonds is 9. The zero-order chi connectivity index (χ0) is 52.7. The Labute approximate surface area is 471 Å². The number of pyridine rings is 1. The summed E-state index contributed by atoms with van der Waals surface area (Å²) in [5.74, 6) is 2.29. The topological polar surface area (TPSA) is 40.8 Å². The Kier molecular flexibility index (Phi) is 12.7. The molecule has 0 atom stereocenters. The molecule has 0 unspecified atom stereocenters. The van der Waals surface area contributed by atoms with E-state index in [2.05, 4.69) is 274 Å². The molecular weight excluding hydrogens is 1130 g/mol. The molecule has 0 N–H and O–H groups in total. The van der Waals surface area contributed by atoms with Gasteiger partial charge in [-0.05, 0) is 109 Å². The minimum Gasteiger partial charge on any atom is -0.510 e. The van der Waals surface area contributed by atoms with Gasteiger partial charge in [-0.25, -0.2) is 4.98 Å². The van der Waals surface area contributed by atoms with E-state index in [1.165, 1.54) is 44.1 Å². The third-order valence-corrected chi connectivity index (χ3v) is 15.2. The fourth-order valence-corrected chi connectivity index (χ4v) is 11.1. The molecule has 9 aromatic carbocycles. The molecule has 7 heteroatoms. The number of fused-ring (bicyclic) bond motifs is 7. The van der Waals surface area contributed by atoms with Crippen LogP contribution in [0.25, 0.3) is 99.8 Å². The summed E-state index contributed by atoms with van der Waals surface area (Å²) in [4.78, 5) is 4.98. The maximum atomic E-state index is 6.83. The number of imidazole rings is 1. The third-order valence-electron chi connectivity index (χ3n) is 15.2. The molecule has 386 valence electrons. The summed E-state index contributed by atoms with van der Waals surface area (Å²) in [5.41, 5.74) is 17.5. The van der Waals surface area contributed by atoms with Crippen molar-refractivity contribution in [2.75, 3.05) is 0 Å². The molecule has 6 nitrogen and oxygen atoms in total. The number of hydrogen-bond acceptors (Lipinski definition) is 2. The van der Waals surface area contributed by atoms with Crippen molar-refractivity contribution < 1.29 is 30.4 Å². The van der Waals surface area contributed by atoms with Gasteiger partial charge in [0.1, 0.15) is 5.82 Å². The van der Waals surface area contributed by atoms with Gasteiger partial charge >= 0.3 is 0 Å². The van der Waals surface area contributed by atoms with Gasteiger partial charge in [0.15, 0.2) is 0 Å². The number of aromatic nitrogens is 5. The number of para-hydroxylation sites is 5. The normalized spacial score (nSPS) is 12.1. The summed E-state index contributed by atoms with van der Waals surface area (Å²) >= 11 is 0. The van der Waals surface area contributed by atoms with Crippen LogP contribution in [0.15, 0.2) is 206 Å². The van der Waals surface area contributed by atoms with Crippen LogP contribution < -0.4 is 9.30 Å². The zero-order valence-corrected chi connectivity index (χ0v) is 47.4. The maximum absolute atomic E-state index is 6.83. The van der Waals surface area contributed by atoms with Crippen molar-refractivity contribution in [2.24, 2.45) is 0 Å². The first-order valence-electron chi connectivity index (χ1n) is 26.7. The van der Waals surface area contributed by atoms with Gasteiger partial charge in [-0.3, -0.25) is 4.57 Å². The van der Waals surface area contributed by atoms with Crippen molar-refractivity contribution in [1.82, 2.24) is 18.7 Å². The Bertz CT molecular complexity index is 4340. The number of nitrogens with zero attached hydrogens (tertiary/aromatic N) is 5. The second-order valence-electron chi connectivity index (χ2n) is 22.7. The van der Waals surface area contributed by atoms with Crippen LogP contribution in [0.4, 0.5) is 0 Å². The summed E-state index contributed by atoms with van der Waals surface area (Å²) in [6.45, 7) is 18.2. The SMILES string of the molecule is CC(C)c1ccnc(-n2c3[c-]c(Oc4[c-]c(-n5[c-][n+](-c6c(-c7ccccc7)cccc6-c6cc(C(C)(C)C)cc(C(C)(C)C)c6)c6ccccc65)ccc4)ccc3c3cc(-n4c5ccccc5c5ccccc54)ccc32)c1.[Pt].